The van der Waals surface area contributed by atoms with Crippen LogP contribution in [0.2, 0.25) is 0 Å². The first-order valence-electron chi connectivity index (χ1n) is 11.0. The normalized spacial score (nSPS) is 11.0. The van der Waals surface area contributed by atoms with Gasteiger partial charge in [-0.2, -0.15) is 0 Å². The Hall–Kier alpha value is -3.40. The van der Waals surface area contributed by atoms with Crippen LogP contribution < -0.4 is 10.1 Å². The number of ether oxygens (including phenoxy) is 1. The molecule has 0 aliphatic heterocycles. The van der Waals surface area contributed by atoms with Crippen LogP contribution in [-0.2, 0) is 17.9 Å². The molecule has 0 saturated heterocycles. The third-order valence-electron chi connectivity index (χ3n) is 5.34. The van der Waals surface area contributed by atoms with E-state index < -0.39 is 4.92 Å². The number of aromatic nitrogens is 3. The third-order valence-corrected chi connectivity index (χ3v) is 6.31. The van der Waals surface area contributed by atoms with E-state index in [9.17, 15) is 14.9 Å². The number of amides is 1. The molecular formula is C24H29N5O4S. The minimum absolute atomic E-state index is 0.0455. The van der Waals surface area contributed by atoms with Crippen molar-refractivity contribution in [3.05, 3.63) is 69.5 Å². The van der Waals surface area contributed by atoms with Crippen LogP contribution in [0.1, 0.15) is 37.2 Å². The standard InChI is InChI=1S/C24H29N5O4S/c1-16(2)12-13-28-21(14-33-19-8-6-5-7-9-19)26-27-24(28)34-15-22(30)25-23-18(4)17(3)10-11-20(23)29(31)32/h5-11,16H,12-15H2,1-4H3,(H,25,30). The molecule has 9 nitrogen and oxygen atoms in total. The van der Waals surface area contributed by atoms with Crippen molar-refractivity contribution in [2.24, 2.45) is 5.92 Å². The molecule has 10 heteroatoms. The van der Waals surface area contributed by atoms with Crippen molar-refractivity contribution >= 4 is 29.0 Å². The average Bonchev–Trinajstić information content (AvgIpc) is 3.20. The molecule has 0 fully saturated rings. The summed E-state index contributed by atoms with van der Waals surface area (Å²) in [5.41, 5.74) is 1.65. The van der Waals surface area contributed by atoms with E-state index in [0.29, 0.717) is 29.0 Å². The lowest BCUT2D eigenvalue weighted by Gasteiger charge is -2.13. The van der Waals surface area contributed by atoms with E-state index >= 15 is 0 Å². The summed E-state index contributed by atoms with van der Waals surface area (Å²) in [6.07, 6.45) is 0.921. The van der Waals surface area contributed by atoms with E-state index in [1.807, 2.05) is 41.8 Å². The highest BCUT2D eigenvalue weighted by Crippen LogP contribution is 2.30. The lowest BCUT2D eigenvalue weighted by atomic mass is 10.1. The Kier molecular flexibility index (Phi) is 8.64. The highest BCUT2D eigenvalue weighted by molar-refractivity contribution is 7.99. The predicted molar refractivity (Wildman–Crippen MR) is 132 cm³/mol. The summed E-state index contributed by atoms with van der Waals surface area (Å²) in [4.78, 5) is 23.6. The summed E-state index contributed by atoms with van der Waals surface area (Å²) < 4.78 is 7.82. The highest BCUT2D eigenvalue weighted by Gasteiger charge is 2.21. The maximum absolute atomic E-state index is 12.7. The second kappa shape index (κ2) is 11.6. The molecule has 1 amide bonds. The van der Waals surface area contributed by atoms with Gasteiger partial charge in [-0.3, -0.25) is 14.9 Å². The van der Waals surface area contributed by atoms with Gasteiger partial charge >= 0.3 is 0 Å². The van der Waals surface area contributed by atoms with Crippen LogP contribution in [0.3, 0.4) is 0 Å². The number of carbonyl (C=O) groups excluding carboxylic acids is 1. The van der Waals surface area contributed by atoms with Gasteiger partial charge in [0.2, 0.25) is 5.91 Å². The number of nitrogens with one attached hydrogen (secondary N) is 1. The summed E-state index contributed by atoms with van der Waals surface area (Å²) in [6.45, 7) is 8.84. The van der Waals surface area contributed by atoms with Crippen molar-refractivity contribution in [3.63, 3.8) is 0 Å². The Balaban J connectivity index is 1.71. The lowest BCUT2D eigenvalue weighted by molar-refractivity contribution is -0.384. The second-order valence-electron chi connectivity index (χ2n) is 8.33. The molecular weight excluding hydrogens is 454 g/mol. The van der Waals surface area contributed by atoms with Gasteiger partial charge in [0.25, 0.3) is 5.69 Å². The van der Waals surface area contributed by atoms with E-state index in [0.717, 1.165) is 17.7 Å². The predicted octanol–water partition coefficient (Wildman–Crippen LogP) is 5.16. The molecule has 1 heterocycles. The number of benzene rings is 2. The van der Waals surface area contributed by atoms with Crippen molar-refractivity contribution in [3.8, 4) is 5.75 Å². The van der Waals surface area contributed by atoms with Crippen LogP contribution in [-0.4, -0.2) is 31.3 Å². The molecule has 0 spiro atoms. The number of anilines is 1. The molecule has 0 saturated carbocycles. The van der Waals surface area contributed by atoms with E-state index in [1.54, 1.807) is 13.0 Å². The monoisotopic (exact) mass is 483 g/mol. The molecule has 0 atom stereocenters. The molecule has 2 aromatic carbocycles. The number of rotatable bonds is 11. The van der Waals surface area contributed by atoms with E-state index in [1.165, 1.54) is 17.8 Å². The number of nitro groups is 1. The van der Waals surface area contributed by atoms with Gasteiger partial charge in [0.15, 0.2) is 11.0 Å². The Morgan fingerprint density at radius 1 is 1.18 bits per heavy atom. The number of nitrogens with zero attached hydrogens (tertiary/aromatic N) is 4. The molecule has 34 heavy (non-hydrogen) atoms. The lowest BCUT2D eigenvalue weighted by Crippen LogP contribution is -2.17. The number of hydrogen-bond donors (Lipinski definition) is 1. The molecule has 1 N–H and O–H groups in total. The summed E-state index contributed by atoms with van der Waals surface area (Å²) in [6, 6.07) is 12.6. The van der Waals surface area contributed by atoms with E-state index in [-0.39, 0.29) is 29.6 Å². The molecule has 180 valence electrons. The Labute approximate surface area is 203 Å². The van der Waals surface area contributed by atoms with Crippen LogP contribution in [0.25, 0.3) is 0 Å². The van der Waals surface area contributed by atoms with Crippen LogP contribution in [0.5, 0.6) is 5.75 Å². The minimum atomic E-state index is -0.489. The van der Waals surface area contributed by atoms with Gasteiger partial charge in [0, 0.05) is 12.6 Å². The average molecular weight is 484 g/mol. The van der Waals surface area contributed by atoms with Crippen molar-refractivity contribution in [1.29, 1.82) is 0 Å². The van der Waals surface area contributed by atoms with Crippen molar-refractivity contribution in [1.82, 2.24) is 14.8 Å². The number of aryl methyl sites for hydroxylation is 1. The molecule has 1 aromatic heterocycles. The van der Waals surface area contributed by atoms with Gasteiger partial charge in [-0.1, -0.05) is 49.9 Å². The van der Waals surface area contributed by atoms with Crippen molar-refractivity contribution in [2.45, 2.75) is 52.4 Å². The Bertz CT molecular complexity index is 1150. The first-order chi connectivity index (χ1) is 16.3. The number of para-hydroxylation sites is 1. The summed E-state index contributed by atoms with van der Waals surface area (Å²) in [7, 11) is 0. The Morgan fingerprint density at radius 3 is 2.59 bits per heavy atom. The summed E-state index contributed by atoms with van der Waals surface area (Å²) >= 11 is 1.24. The summed E-state index contributed by atoms with van der Waals surface area (Å²) in [5, 5.41) is 23.3. The van der Waals surface area contributed by atoms with Crippen molar-refractivity contribution in [2.75, 3.05) is 11.1 Å². The molecule has 0 unspecified atom stereocenters. The summed E-state index contributed by atoms with van der Waals surface area (Å²) in [5.74, 6) is 1.60. The van der Waals surface area contributed by atoms with Gasteiger partial charge in [-0.25, -0.2) is 0 Å². The zero-order valence-electron chi connectivity index (χ0n) is 19.8. The van der Waals surface area contributed by atoms with E-state index in [4.69, 9.17) is 4.74 Å². The van der Waals surface area contributed by atoms with Crippen LogP contribution >= 0.6 is 11.8 Å². The second-order valence-corrected chi connectivity index (χ2v) is 9.27. The minimum Gasteiger partial charge on any atom is -0.486 e. The number of hydrogen-bond acceptors (Lipinski definition) is 7. The van der Waals surface area contributed by atoms with Gasteiger partial charge in [-0.05, 0) is 49.4 Å². The first kappa shape index (κ1) is 25.2. The fraction of sp³-hybridized carbons (Fsp3) is 0.375. The maximum atomic E-state index is 12.7. The van der Waals surface area contributed by atoms with E-state index in [2.05, 4.69) is 29.4 Å². The van der Waals surface area contributed by atoms with Crippen LogP contribution in [0.4, 0.5) is 11.4 Å². The fourth-order valence-electron chi connectivity index (χ4n) is 3.23. The number of nitro benzene ring substituents is 1. The molecule has 3 aromatic rings. The molecule has 0 bridgehead atoms. The van der Waals surface area contributed by atoms with Gasteiger partial charge in [-0.15, -0.1) is 10.2 Å². The topological polar surface area (TPSA) is 112 Å². The zero-order chi connectivity index (χ0) is 24.7. The molecule has 0 aliphatic carbocycles. The Morgan fingerprint density at radius 2 is 1.91 bits per heavy atom. The van der Waals surface area contributed by atoms with Gasteiger partial charge in [0.05, 0.1) is 10.7 Å². The highest BCUT2D eigenvalue weighted by atomic mass is 32.2. The SMILES string of the molecule is Cc1ccc([N+](=O)[O-])c(NC(=O)CSc2nnc(COc3ccccc3)n2CCC(C)C)c1C. The maximum Gasteiger partial charge on any atom is 0.293 e. The third kappa shape index (κ3) is 6.57. The first-order valence-corrected chi connectivity index (χ1v) is 12.0. The molecule has 0 radical (unpaired) electrons. The van der Waals surface area contributed by atoms with Crippen molar-refractivity contribution < 1.29 is 14.5 Å². The zero-order valence-corrected chi connectivity index (χ0v) is 20.6. The van der Waals surface area contributed by atoms with Crippen LogP contribution in [0, 0.1) is 29.9 Å². The molecule has 0 aliphatic rings. The quantitative estimate of drug-likeness (QED) is 0.228. The van der Waals surface area contributed by atoms with Gasteiger partial charge in [0.1, 0.15) is 18.0 Å². The van der Waals surface area contributed by atoms with Gasteiger partial charge < -0.3 is 14.6 Å². The largest absolute Gasteiger partial charge is 0.486 e. The molecule has 3 rings (SSSR count). The van der Waals surface area contributed by atoms with Crippen LogP contribution in [0.15, 0.2) is 47.6 Å². The fourth-order valence-corrected chi connectivity index (χ4v) is 4.01. The number of thioether (sulfide) groups is 1. The smallest absolute Gasteiger partial charge is 0.293 e. The number of carbonyl (C=O) groups is 1.